The zero-order chi connectivity index (χ0) is 14.1. The molecule has 1 aromatic carbocycles. The number of fused-ring (bicyclic) bond motifs is 1. The molecule has 0 aliphatic heterocycles. The van der Waals surface area contributed by atoms with Crippen molar-refractivity contribution in [3.63, 3.8) is 0 Å². The average molecular weight is 283 g/mol. The summed E-state index contributed by atoms with van der Waals surface area (Å²) in [7, 11) is 0. The predicted molar refractivity (Wildman–Crippen MR) is 79.9 cm³/mol. The SMILES string of the molecule is CCCc1nn(-c2nc3ccccc3s2)c(N)c1C#N. The summed E-state index contributed by atoms with van der Waals surface area (Å²) in [6, 6.07) is 10.0. The molecule has 0 aliphatic rings. The van der Waals surface area contributed by atoms with Crippen molar-refractivity contribution in [1.29, 1.82) is 5.26 Å². The van der Waals surface area contributed by atoms with Crippen LogP contribution in [0.2, 0.25) is 0 Å². The summed E-state index contributed by atoms with van der Waals surface area (Å²) in [4.78, 5) is 4.52. The Kier molecular flexibility index (Phi) is 3.12. The highest BCUT2D eigenvalue weighted by Gasteiger charge is 2.18. The molecule has 0 amide bonds. The van der Waals surface area contributed by atoms with Crippen molar-refractivity contribution in [2.24, 2.45) is 0 Å². The van der Waals surface area contributed by atoms with Gasteiger partial charge in [0.2, 0.25) is 5.13 Å². The van der Waals surface area contributed by atoms with Crippen LogP contribution in [-0.4, -0.2) is 14.8 Å². The van der Waals surface area contributed by atoms with Gasteiger partial charge < -0.3 is 5.73 Å². The van der Waals surface area contributed by atoms with Crippen LogP contribution in [0.5, 0.6) is 0 Å². The molecule has 5 nitrogen and oxygen atoms in total. The Bertz CT molecular complexity index is 776. The number of hydrogen-bond acceptors (Lipinski definition) is 5. The summed E-state index contributed by atoms with van der Waals surface area (Å²) in [6.07, 6.45) is 1.66. The minimum absolute atomic E-state index is 0.370. The summed E-state index contributed by atoms with van der Waals surface area (Å²) in [5, 5.41) is 14.4. The summed E-state index contributed by atoms with van der Waals surface area (Å²) in [5.41, 5.74) is 8.16. The number of hydrogen-bond donors (Lipinski definition) is 1. The first-order valence-corrected chi connectivity index (χ1v) is 7.19. The highest BCUT2D eigenvalue weighted by molar-refractivity contribution is 7.20. The van der Waals surface area contributed by atoms with E-state index in [2.05, 4.69) is 16.2 Å². The van der Waals surface area contributed by atoms with Gasteiger partial charge in [0.15, 0.2) is 0 Å². The van der Waals surface area contributed by atoms with E-state index in [9.17, 15) is 5.26 Å². The van der Waals surface area contributed by atoms with E-state index in [0.717, 1.165) is 28.8 Å². The zero-order valence-electron chi connectivity index (χ0n) is 11.0. The normalized spacial score (nSPS) is 10.8. The van der Waals surface area contributed by atoms with Gasteiger partial charge in [0.05, 0.1) is 15.9 Å². The quantitative estimate of drug-likeness (QED) is 0.801. The third-order valence-corrected chi connectivity index (χ3v) is 4.07. The Morgan fingerprint density at radius 1 is 1.40 bits per heavy atom. The molecule has 0 aliphatic carbocycles. The number of thiazole rings is 1. The second kappa shape index (κ2) is 4.94. The molecular formula is C14H13N5S. The molecule has 6 heteroatoms. The molecule has 2 heterocycles. The van der Waals surface area contributed by atoms with Crippen LogP contribution in [0.4, 0.5) is 5.82 Å². The third kappa shape index (κ3) is 1.92. The molecule has 0 spiro atoms. The molecule has 0 unspecified atom stereocenters. The molecular weight excluding hydrogens is 270 g/mol. The Labute approximate surface area is 120 Å². The largest absolute Gasteiger partial charge is 0.382 e. The Hall–Kier alpha value is -2.39. The third-order valence-electron chi connectivity index (χ3n) is 3.06. The van der Waals surface area contributed by atoms with E-state index in [4.69, 9.17) is 5.73 Å². The van der Waals surface area contributed by atoms with E-state index in [1.54, 1.807) is 4.68 Å². The van der Waals surface area contributed by atoms with E-state index >= 15 is 0 Å². The van der Waals surface area contributed by atoms with E-state index in [1.807, 2.05) is 31.2 Å². The molecule has 3 rings (SSSR count). The minimum atomic E-state index is 0.370. The fourth-order valence-corrected chi connectivity index (χ4v) is 3.04. The van der Waals surface area contributed by atoms with Crippen LogP contribution >= 0.6 is 11.3 Å². The van der Waals surface area contributed by atoms with Crippen molar-refractivity contribution in [3.8, 4) is 11.2 Å². The Morgan fingerprint density at radius 2 is 2.20 bits per heavy atom. The smallest absolute Gasteiger partial charge is 0.213 e. The van der Waals surface area contributed by atoms with E-state index in [0.29, 0.717) is 16.5 Å². The van der Waals surface area contributed by atoms with Gasteiger partial charge in [-0.25, -0.2) is 4.98 Å². The van der Waals surface area contributed by atoms with Crippen LogP contribution in [0.15, 0.2) is 24.3 Å². The molecule has 0 radical (unpaired) electrons. The number of aryl methyl sites for hydroxylation is 1. The fourth-order valence-electron chi connectivity index (χ4n) is 2.11. The standard InChI is InChI=1S/C14H13N5S/c1-2-5-10-9(8-15)13(16)19(18-10)14-17-11-6-3-4-7-12(11)20-14/h3-4,6-7H,2,5,16H2,1H3. The van der Waals surface area contributed by atoms with Crippen molar-refractivity contribution in [2.75, 3.05) is 5.73 Å². The Balaban J connectivity index is 2.16. The van der Waals surface area contributed by atoms with Gasteiger partial charge in [-0.15, -0.1) is 0 Å². The molecule has 2 aromatic heterocycles. The summed E-state index contributed by atoms with van der Waals surface area (Å²) in [6.45, 7) is 2.05. The van der Waals surface area contributed by atoms with Crippen molar-refractivity contribution in [2.45, 2.75) is 19.8 Å². The first-order chi connectivity index (χ1) is 9.74. The van der Waals surface area contributed by atoms with Crippen molar-refractivity contribution >= 4 is 27.4 Å². The average Bonchev–Trinajstić information content (AvgIpc) is 3.00. The lowest BCUT2D eigenvalue weighted by Gasteiger charge is -1.96. The molecule has 0 saturated heterocycles. The molecule has 20 heavy (non-hydrogen) atoms. The molecule has 0 saturated carbocycles. The number of aromatic nitrogens is 3. The number of nitriles is 1. The van der Waals surface area contributed by atoms with Gasteiger partial charge in [-0.3, -0.25) is 0 Å². The molecule has 100 valence electrons. The van der Waals surface area contributed by atoms with E-state index in [1.165, 1.54) is 11.3 Å². The summed E-state index contributed by atoms with van der Waals surface area (Å²) in [5.74, 6) is 0.370. The molecule has 0 bridgehead atoms. The number of rotatable bonds is 3. The number of para-hydroxylation sites is 1. The van der Waals surface area contributed by atoms with Crippen LogP contribution in [-0.2, 0) is 6.42 Å². The van der Waals surface area contributed by atoms with Crippen LogP contribution in [0.25, 0.3) is 15.3 Å². The summed E-state index contributed by atoms with van der Waals surface area (Å²) < 4.78 is 2.65. The van der Waals surface area contributed by atoms with Gasteiger partial charge in [-0.05, 0) is 18.6 Å². The van der Waals surface area contributed by atoms with Gasteiger partial charge >= 0.3 is 0 Å². The van der Waals surface area contributed by atoms with Crippen LogP contribution in [0.1, 0.15) is 24.6 Å². The van der Waals surface area contributed by atoms with Gasteiger partial charge in [0.1, 0.15) is 17.5 Å². The number of nitrogen functional groups attached to an aromatic ring is 1. The number of benzene rings is 1. The number of anilines is 1. The van der Waals surface area contributed by atoms with Gasteiger partial charge in [0, 0.05) is 0 Å². The van der Waals surface area contributed by atoms with Gasteiger partial charge in [0.25, 0.3) is 0 Å². The van der Waals surface area contributed by atoms with Crippen LogP contribution in [0, 0.1) is 11.3 Å². The van der Waals surface area contributed by atoms with Crippen molar-refractivity contribution in [3.05, 3.63) is 35.5 Å². The second-order valence-electron chi connectivity index (χ2n) is 4.44. The van der Waals surface area contributed by atoms with Crippen molar-refractivity contribution < 1.29 is 0 Å². The first kappa shape index (κ1) is 12.6. The fraction of sp³-hybridized carbons (Fsp3) is 0.214. The predicted octanol–water partition coefficient (Wildman–Crippen LogP) is 2.89. The maximum absolute atomic E-state index is 9.23. The first-order valence-electron chi connectivity index (χ1n) is 6.38. The molecule has 3 aromatic rings. The van der Waals surface area contributed by atoms with Gasteiger partial charge in [-0.1, -0.05) is 36.8 Å². The lowest BCUT2D eigenvalue weighted by molar-refractivity contribution is 0.807. The van der Waals surface area contributed by atoms with E-state index < -0.39 is 0 Å². The Morgan fingerprint density at radius 3 is 2.90 bits per heavy atom. The zero-order valence-corrected chi connectivity index (χ0v) is 11.8. The second-order valence-corrected chi connectivity index (χ2v) is 5.45. The lowest BCUT2D eigenvalue weighted by atomic mass is 10.2. The molecule has 0 fully saturated rings. The van der Waals surface area contributed by atoms with Crippen LogP contribution < -0.4 is 5.73 Å². The summed E-state index contributed by atoms with van der Waals surface area (Å²) >= 11 is 1.52. The number of nitrogens with two attached hydrogens (primary N) is 1. The highest BCUT2D eigenvalue weighted by Crippen LogP contribution is 2.28. The highest BCUT2D eigenvalue weighted by atomic mass is 32.1. The van der Waals surface area contributed by atoms with Gasteiger partial charge in [-0.2, -0.15) is 15.0 Å². The topological polar surface area (TPSA) is 80.5 Å². The lowest BCUT2D eigenvalue weighted by Crippen LogP contribution is -2.01. The number of nitrogens with zero attached hydrogens (tertiary/aromatic N) is 4. The van der Waals surface area contributed by atoms with Crippen molar-refractivity contribution in [1.82, 2.24) is 14.8 Å². The minimum Gasteiger partial charge on any atom is -0.382 e. The molecule has 2 N–H and O–H groups in total. The maximum atomic E-state index is 9.23. The van der Waals surface area contributed by atoms with E-state index in [-0.39, 0.29) is 0 Å². The monoisotopic (exact) mass is 283 g/mol. The van der Waals surface area contributed by atoms with Crippen LogP contribution in [0.3, 0.4) is 0 Å². The maximum Gasteiger partial charge on any atom is 0.213 e. The molecule has 0 atom stereocenters.